The summed E-state index contributed by atoms with van der Waals surface area (Å²) in [5, 5.41) is 2.96. The third-order valence-corrected chi connectivity index (χ3v) is 5.61. The summed E-state index contributed by atoms with van der Waals surface area (Å²) in [7, 11) is 0. The number of carbonyl (C=O) groups excluding carboxylic acids is 1. The fourth-order valence-corrected chi connectivity index (χ4v) is 4.22. The van der Waals surface area contributed by atoms with E-state index in [0.29, 0.717) is 30.8 Å². The van der Waals surface area contributed by atoms with E-state index in [-0.39, 0.29) is 11.7 Å². The molecule has 0 saturated heterocycles. The average molecular weight is 393 g/mol. The van der Waals surface area contributed by atoms with Gasteiger partial charge in [-0.1, -0.05) is 24.3 Å². The predicted octanol–water partition coefficient (Wildman–Crippen LogP) is 4.57. The minimum absolute atomic E-state index is 0.159. The number of rotatable bonds is 6. The van der Waals surface area contributed by atoms with Crippen LogP contribution in [0.4, 0.5) is 4.39 Å². The zero-order chi connectivity index (χ0) is 19.5. The Kier molecular flexibility index (Phi) is 5.21. The number of nitrogens with one attached hydrogen (secondary N) is 1. The van der Waals surface area contributed by atoms with E-state index in [9.17, 15) is 9.18 Å². The van der Waals surface area contributed by atoms with Crippen molar-refractivity contribution in [2.75, 3.05) is 6.54 Å². The van der Waals surface area contributed by atoms with E-state index in [4.69, 9.17) is 0 Å². The third kappa shape index (κ3) is 3.82. The van der Waals surface area contributed by atoms with Gasteiger partial charge in [0.05, 0.1) is 16.8 Å². The molecule has 1 aromatic carbocycles. The Morgan fingerprint density at radius 3 is 2.79 bits per heavy atom. The molecular formula is C22H20FN3OS. The number of hydrogen-bond donors (Lipinski definition) is 1. The van der Waals surface area contributed by atoms with E-state index in [0.717, 1.165) is 20.8 Å². The average Bonchev–Trinajstić information content (AvgIpc) is 3.21. The number of benzene rings is 1. The maximum atomic E-state index is 14.2. The Bertz CT molecular complexity index is 1120. The number of amides is 1. The lowest BCUT2D eigenvalue weighted by Crippen LogP contribution is -2.28. The minimum Gasteiger partial charge on any atom is -0.350 e. The molecule has 1 N–H and O–H groups in total. The molecule has 6 heteroatoms. The van der Waals surface area contributed by atoms with Crippen LogP contribution in [0.2, 0.25) is 0 Å². The van der Waals surface area contributed by atoms with Crippen LogP contribution in [0.15, 0.2) is 60.8 Å². The molecule has 0 saturated carbocycles. The molecule has 0 atom stereocenters. The fraction of sp³-hybridized carbons (Fsp3) is 0.182. The Labute approximate surface area is 166 Å². The molecule has 1 amide bonds. The minimum atomic E-state index is -0.266. The van der Waals surface area contributed by atoms with Crippen molar-refractivity contribution in [3.63, 3.8) is 0 Å². The smallest absolute Gasteiger partial charge is 0.267 e. The van der Waals surface area contributed by atoms with Crippen molar-refractivity contribution in [3.8, 4) is 0 Å². The maximum Gasteiger partial charge on any atom is 0.267 e. The van der Waals surface area contributed by atoms with E-state index in [1.54, 1.807) is 29.7 Å². The number of carbonyl (C=O) groups is 1. The van der Waals surface area contributed by atoms with Gasteiger partial charge in [-0.05, 0) is 37.3 Å². The molecule has 0 bridgehead atoms. The number of hydrogen-bond acceptors (Lipinski definition) is 3. The molecule has 0 aliphatic heterocycles. The quantitative estimate of drug-likeness (QED) is 0.522. The number of nitrogens with zero attached hydrogens (tertiary/aromatic N) is 2. The summed E-state index contributed by atoms with van der Waals surface area (Å²) >= 11 is 1.64. The highest BCUT2D eigenvalue weighted by atomic mass is 32.1. The molecule has 4 nitrogen and oxygen atoms in total. The highest BCUT2D eigenvalue weighted by Crippen LogP contribution is 2.29. The van der Waals surface area contributed by atoms with Crippen molar-refractivity contribution in [2.24, 2.45) is 0 Å². The van der Waals surface area contributed by atoms with Crippen LogP contribution >= 0.6 is 11.3 Å². The van der Waals surface area contributed by atoms with Crippen LogP contribution < -0.4 is 5.32 Å². The second-order valence-electron chi connectivity index (χ2n) is 6.64. The molecule has 0 aliphatic rings. The number of halogens is 1. The van der Waals surface area contributed by atoms with E-state index >= 15 is 0 Å². The van der Waals surface area contributed by atoms with E-state index in [1.165, 1.54) is 6.07 Å². The Hall–Kier alpha value is -2.99. The molecule has 0 unspecified atom stereocenters. The van der Waals surface area contributed by atoms with Gasteiger partial charge in [0.25, 0.3) is 5.91 Å². The first-order valence-corrected chi connectivity index (χ1v) is 9.94. The molecule has 142 valence electrons. The first-order chi connectivity index (χ1) is 13.6. The normalized spacial score (nSPS) is 11.1. The summed E-state index contributed by atoms with van der Waals surface area (Å²) in [5.74, 6) is -0.425. The molecule has 3 aromatic heterocycles. The number of fused-ring (bicyclic) bond motifs is 1. The number of aryl methyl sites for hydroxylation is 1. The predicted molar refractivity (Wildman–Crippen MR) is 110 cm³/mol. The summed E-state index contributed by atoms with van der Waals surface area (Å²) < 4.78 is 17.1. The van der Waals surface area contributed by atoms with Crippen molar-refractivity contribution in [2.45, 2.75) is 19.9 Å². The highest BCUT2D eigenvalue weighted by Gasteiger charge is 2.18. The van der Waals surface area contributed by atoms with Gasteiger partial charge in [-0.2, -0.15) is 0 Å². The van der Waals surface area contributed by atoms with Crippen LogP contribution in [0.3, 0.4) is 0 Å². The number of thiophene rings is 1. The Morgan fingerprint density at radius 1 is 1.18 bits per heavy atom. The van der Waals surface area contributed by atoms with Gasteiger partial charge in [0.2, 0.25) is 0 Å². The fourth-order valence-electron chi connectivity index (χ4n) is 3.26. The molecule has 0 fully saturated rings. The summed E-state index contributed by atoms with van der Waals surface area (Å²) in [6.07, 6.45) is 2.40. The van der Waals surface area contributed by atoms with Crippen molar-refractivity contribution in [3.05, 3.63) is 88.4 Å². The monoisotopic (exact) mass is 393 g/mol. The van der Waals surface area contributed by atoms with Crippen LogP contribution in [0.1, 0.15) is 26.6 Å². The molecular weight excluding hydrogens is 373 g/mol. The molecule has 4 aromatic rings. The van der Waals surface area contributed by atoms with E-state index in [2.05, 4.69) is 10.3 Å². The first kappa shape index (κ1) is 18.4. The van der Waals surface area contributed by atoms with Crippen LogP contribution in [-0.2, 0) is 13.0 Å². The lowest BCUT2D eigenvalue weighted by atomic mass is 10.2. The largest absolute Gasteiger partial charge is 0.350 e. The summed E-state index contributed by atoms with van der Waals surface area (Å²) in [6, 6.07) is 16.4. The lowest BCUT2D eigenvalue weighted by Gasteiger charge is -2.11. The topological polar surface area (TPSA) is 46.9 Å². The van der Waals surface area contributed by atoms with E-state index < -0.39 is 0 Å². The lowest BCUT2D eigenvalue weighted by molar-refractivity contribution is 0.0945. The van der Waals surface area contributed by atoms with Crippen molar-refractivity contribution < 1.29 is 9.18 Å². The molecule has 0 radical (unpaired) electrons. The number of aromatic nitrogens is 2. The Morgan fingerprint density at radius 2 is 2.00 bits per heavy atom. The molecule has 28 heavy (non-hydrogen) atoms. The zero-order valence-corrected chi connectivity index (χ0v) is 16.3. The number of pyridine rings is 1. The van der Waals surface area contributed by atoms with Gasteiger partial charge in [0.1, 0.15) is 11.5 Å². The van der Waals surface area contributed by atoms with Crippen LogP contribution in [-0.4, -0.2) is 22.0 Å². The Balaban J connectivity index is 1.58. The van der Waals surface area contributed by atoms with Gasteiger partial charge in [0.15, 0.2) is 0 Å². The van der Waals surface area contributed by atoms with Gasteiger partial charge < -0.3 is 9.88 Å². The summed E-state index contributed by atoms with van der Waals surface area (Å²) in [6.45, 7) is 2.84. The molecule has 4 rings (SSSR count). The second-order valence-corrected chi connectivity index (χ2v) is 7.93. The van der Waals surface area contributed by atoms with Crippen molar-refractivity contribution in [1.29, 1.82) is 0 Å². The van der Waals surface area contributed by atoms with Gasteiger partial charge in [-0.3, -0.25) is 9.78 Å². The zero-order valence-electron chi connectivity index (χ0n) is 15.5. The summed E-state index contributed by atoms with van der Waals surface area (Å²) in [5.41, 5.74) is 3.00. The van der Waals surface area contributed by atoms with Gasteiger partial charge in [0, 0.05) is 35.3 Å². The molecule has 0 aliphatic carbocycles. The summed E-state index contributed by atoms with van der Waals surface area (Å²) in [4.78, 5) is 18.3. The van der Waals surface area contributed by atoms with Crippen LogP contribution in [0.25, 0.3) is 10.2 Å². The maximum absolute atomic E-state index is 14.2. The molecule has 0 spiro atoms. The second kappa shape index (κ2) is 7.94. The van der Waals surface area contributed by atoms with Crippen molar-refractivity contribution >= 4 is 27.5 Å². The van der Waals surface area contributed by atoms with Gasteiger partial charge >= 0.3 is 0 Å². The third-order valence-electron chi connectivity index (χ3n) is 4.62. The molecule has 3 heterocycles. The van der Waals surface area contributed by atoms with Gasteiger partial charge in [-0.25, -0.2) is 4.39 Å². The van der Waals surface area contributed by atoms with Crippen LogP contribution in [0.5, 0.6) is 0 Å². The standard InChI is InChI=1S/C22H20FN3OS/c1-15-12-19-21(28-15)13-20(26(19)14-16-6-2-3-8-18(16)23)22(27)25-11-9-17-7-4-5-10-24-17/h2-8,10,12-13H,9,11,14H2,1H3,(H,25,27). The SMILES string of the molecule is Cc1cc2c(cc(C(=O)NCCc3ccccn3)n2Cc2ccccc2F)s1. The van der Waals surface area contributed by atoms with E-state index in [1.807, 2.05) is 47.9 Å². The first-order valence-electron chi connectivity index (χ1n) is 9.13. The highest BCUT2D eigenvalue weighted by molar-refractivity contribution is 7.19. The van der Waals surface area contributed by atoms with Gasteiger partial charge in [-0.15, -0.1) is 11.3 Å². The van der Waals surface area contributed by atoms with Crippen molar-refractivity contribution in [1.82, 2.24) is 14.9 Å². The van der Waals surface area contributed by atoms with Crippen LogP contribution in [0, 0.1) is 12.7 Å².